The summed E-state index contributed by atoms with van der Waals surface area (Å²) in [5.74, 6) is -0.0127. The molecular weight excluding hydrogens is 420 g/mol. The summed E-state index contributed by atoms with van der Waals surface area (Å²) in [6, 6.07) is 17.1. The van der Waals surface area contributed by atoms with Crippen molar-refractivity contribution in [2.75, 3.05) is 23.3 Å². The maximum Gasteiger partial charge on any atom is 0.264 e. The van der Waals surface area contributed by atoms with Crippen molar-refractivity contribution < 1.29 is 17.9 Å². The first-order valence-electron chi connectivity index (χ1n) is 9.24. The number of hydrogen-bond donors (Lipinski definition) is 1. The minimum Gasteiger partial charge on any atom is -0.495 e. The van der Waals surface area contributed by atoms with Crippen molar-refractivity contribution in [1.82, 2.24) is 0 Å². The van der Waals surface area contributed by atoms with Crippen molar-refractivity contribution in [3.05, 3.63) is 77.0 Å². The Morgan fingerprint density at radius 3 is 2.53 bits per heavy atom. The Labute approximate surface area is 180 Å². The van der Waals surface area contributed by atoms with Crippen LogP contribution in [-0.4, -0.2) is 28.0 Å². The molecular formula is C22H22N2O4S2. The normalized spacial score (nSPS) is 11.4. The molecule has 0 saturated heterocycles. The van der Waals surface area contributed by atoms with E-state index in [1.165, 1.54) is 47.0 Å². The van der Waals surface area contributed by atoms with Gasteiger partial charge in [-0.3, -0.25) is 9.10 Å². The average Bonchev–Trinajstić information content (AvgIpc) is 3.27. The van der Waals surface area contributed by atoms with Crippen LogP contribution in [0.5, 0.6) is 5.75 Å². The molecule has 1 aromatic heterocycles. The quantitative estimate of drug-likeness (QED) is 0.517. The lowest BCUT2D eigenvalue weighted by Gasteiger charge is -2.23. The largest absolute Gasteiger partial charge is 0.495 e. The minimum absolute atomic E-state index is 0.0616. The molecule has 6 nitrogen and oxygen atoms in total. The molecule has 2 aromatic carbocycles. The SMILES string of the molecule is CCN(c1ccccc1)S(=O)(=O)c1ccc(OC)c(NC(=O)C=Cc2cccs2)c1. The zero-order valence-corrected chi connectivity index (χ0v) is 18.2. The first-order valence-corrected chi connectivity index (χ1v) is 11.6. The van der Waals surface area contributed by atoms with Crippen LogP contribution >= 0.6 is 11.3 Å². The number of hydrogen-bond acceptors (Lipinski definition) is 5. The maximum atomic E-state index is 13.2. The second kappa shape index (κ2) is 9.60. The zero-order valence-electron chi connectivity index (χ0n) is 16.6. The fraction of sp³-hybridized carbons (Fsp3) is 0.136. The van der Waals surface area contributed by atoms with E-state index < -0.39 is 10.0 Å². The van der Waals surface area contributed by atoms with E-state index in [-0.39, 0.29) is 23.0 Å². The molecule has 1 amide bonds. The summed E-state index contributed by atoms with van der Waals surface area (Å²) in [5.41, 5.74) is 0.851. The van der Waals surface area contributed by atoms with Crippen LogP contribution in [0, 0.1) is 0 Å². The lowest BCUT2D eigenvalue weighted by atomic mass is 10.3. The number of benzene rings is 2. The van der Waals surface area contributed by atoms with Crippen molar-refractivity contribution >= 4 is 44.7 Å². The fourth-order valence-corrected chi connectivity index (χ4v) is 4.99. The van der Waals surface area contributed by atoms with Gasteiger partial charge in [-0.25, -0.2) is 8.42 Å². The monoisotopic (exact) mass is 442 g/mol. The van der Waals surface area contributed by atoms with Gasteiger partial charge in [0.25, 0.3) is 10.0 Å². The first-order chi connectivity index (χ1) is 14.5. The van der Waals surface area contributed by atoms with Crippen LogP contribution in [-0.2, 0) is 14.8 Å². The van der Waals surface area contributed by atoms with E-state index in [1.807, 2.05) is 23.6 Å². The summed E-state index contributed by atoms with van der Waals surface area (Å²) in [5, 5.41) is 4.62. The Kier molecular flexibility index (Phi) is 6.91. The van der Waals surface area contributed by atoms with Gasteiger partial charge in [0.15, 0.2) is 0 Å². The number of carbonyl (C=O) groups excluding carboxylic acids is 1. The van der Waals surface area contributed by atoms with Crippen LogP contribution in [0.25, 0.3) is 6.08 Å². The van der Waals surface area contributed by atoms with Crippen molar-refractivity contribution in [2.45, 2.75) is 11.8 Å². The van der Waals surface area contributed by atoms with Gasteiger partial charge < -0.3 is 10.1 Å². The molecule has 1 heterocycles. The van der Waals surface area contributed by atoms with Gasteiger partial charge in [-0.1, -0.05) is 24.3 Å². The second-order valence-electron chi connectivity index (χ2n) is 6.21. The van der Waals surface area contributed by atoms with E-state index in [9.17, 15) is 13.2 Å². The molecule has 0 aliphatic rings. The highest BCUT2D eigenvalue weighted by Gasteiger charge is 2.25. The molecule has 0 saturated carbocycles. The Morgan fingerprint density at radius 2 is 1.90 bits per heavy atom. The lowest BCUT2D eigenvalue weighted by molar-refractivity contribution is -0.111. The first kappa shape index (κ1) is 21.6. The van der Waals surface area contributed by atoms with Crippen LogP contribution in [0.3, 0.4) is 0 Å². The molecule has 3 aromatic rings. The predicted octanol–water partition coefficient (Wildman–Crippen LogP) is 4.62. The summed E-state index contributed by atoms with van der Waals surface area (Å²) >= 11 is 1.51. The fourth-order valence-electron chi connectivity index (χ4n) is 2.88. The molecule has 0 spiro atoms. The predicted molar refractivity (Wildman–Crippen MR) is 122 cm³/mol. The van der Waals surface area contributed by atoms with E-state index in [0.717, 1.165) is 4.88 Å². The van der Waals surface area contributed by atoms with Crippen LogP contribution in [0.1, 0.15) is 11.8 Å². The number of methoxy groups -OCH3 is 1. The van der Waals surface area contributed by atoms with E-state index >= 15 is 0 Å². The number of ether oxygens (including phenoxy) is 1. The Morgan fingerprint density at radius 1 is 1.13 bits per heavy atom. The third kappa shape index (κ3) is 4.90. The highest BCUT2D eigenvalue weighted by Crippen LogP contribution is 2.30. The van der Waals surface area contributed by atoms with Crippen LogP contribution in [0.4, 0.5) is 11.4 Å². The van der Waals surface area contributed by atoms with Crippen molar-refractivity contribution in [2.24, 2.45) is 0 Å². The van der Waals surface area contributed by atoms with E-state index in [0.29, 0.717) is 11.4 Å². The highest BCUT2D eigenvalue weighted by atomic mass is 32.2. The molecule has 0 fully saturated rings. The van der Waals surface area contributed by atoms with Gasteiger partial charge in [-0.15, -0.1) is 11.3 Å². The van der Waals surface area contributed by atoms with Gasteiger partial charge in [-0.2, -0.15) is 0 Å². The van der Waals surface area contributed by atoms with E-state index in [1.54, 1.807) is 37.3 Å². The van der Waals surface area contributed by atoms with Crippen LogP contribution in [0.2, 0.25) is 0 Å². The third-order valence-electron chi connectivity index (χ3n) is 4.29. The van der Waals surface area contributed by atoms with E-state index in [2.05, 4.69) is 5.32 Å². The molecule has 0 radical (unpaired) electrons. The Bertz CT molecular complexity index is 1130. The molecule has 0 unspecified atom stereocenters. The molecule has 8 heteroatoms. The van der Waals surface area contributed by atoms with Crippen molar-refractivity contribution in [3.8, 4) is 5.75 Å². The minimum atomic E-state index is -3.83. The van der Waals surface area contributed by atoms with Gasteiger partial charge in [0.2, 0.25) is 5.91 Å². The Balaban J connectivity index is 1.90. The lowest BCUT2D eigenvalue weighted by Crippen LogP contribution is -2.30. The number of thiophene rings is 1. The smallest absolute Gasteiger partial charge is 0.264 e. The summed E-state index contributed by atoms with van der Waals surface area (Å²) in [6.45, 7) is 2.04. The molecule has 0 aliphatic carbocycles. The van der Waals surface area contributed by atoms with Crippen LogP contribution in [0.15, 0.2) is 77.0 Å². The number of sulfonamides is 1. The Hall–Kier alpha value is -3.10. The molecule has 0 aliphatic heterocycles. The summed E-state index contributed by atoms with van der Waals surface area (Å²) < 4.78 is 33.1. The van der Waals surface area contributed by atoms with Crippen molar-refractivity contribution in [1.29, 1.82) is 0 Å². The molecule has 3 rings (SSSR count). The van der Waals surface area contributed by atoms with Gasteiger partial charge in [0.1, 0.15) is 5.75 Å². The van der Waals surface area contributed by atoms with Crippen LogP contribution < -0.4 is 14.4 Å². The number of nitrogens with zero attached hydrogens (tertiary/aromatic N) is 1. The average molecular weight is 443 g/mol. The number of nitrogens with one attached hydrogen (secondary N) is 1. The number of para-hydroxylation sites is 1. The number of rotatable bonds is 8. The summed E-state index contributed by atoms with van der Waals surface area (Å²) in [6.07, 6.45) is 3.09. The second-order valence-corrected chi connectivity index (χ2v) is 9.05. The van der Waals surface area contributed by atoms with Crippen molar-refractivity contribution in [3.63, 3.8) is 0 Å². The summed E-state index contributed by atoms with van der Waals surface area (Å²) in [7, 11) is -2.36. The molecule has 0 bridgehead atoms. The van der Waals surface area contributed by atoms with E-state index in [4.69, 9.17) is 4.74 Å². The molecule has 1 N–H and O–H groups in total. The molecule has 156 valence electrons. The number of anilines is 2. The molecule has 30 heavy (non-hydrogen) atoms. The highest BCUT2D eigenvalue weighted by molar-refractivity contribution is 7.92. The number of carbonyl (C=O) groups is 1. The zero-order chi connectivity index (χ0) is 21.6. The topological polar surface area (TPSA) is 75.7 Å². The van der Waals surface area contributed by atoms with Gasteiger partial charge in [0.05, 0.1) is 23.4 Å². The van der Waals surface area contributed by atoms with Gasteiger partial charge >= 0.3 is 0 Å². The standard InChI is InChI=1S/C22H22N2O4S2/c1-3-24(17-8-5-4-6-9-17)30(26,27)19-12-13-21(28-2)20(16-19)23-22(25)14-11-18-10-7-15-29-18/h4-16H,3H2,1-2H3,(H,23,25). The summed E-state index contributed by atoms with van der Waals surface area (Å²) in [4.78, 5) is 13.3. The third-order valence-corrected chi connectivity index (χ3v) is 7.03. The maximum absolute atomic E-state index is 13.2. The molecule has 0 atom stereocenters. The van der Waals surface area contributed by atoms with Gasteiger partial charge in [0, 0.05) is 17.5 Å². The number of amides is 1. The van der Waals surface area contributed by atoms with Gasteiger partial charge in [-0.05, 0) is 54.8 Å².